The second-order valence-corrected chi connectivity index (χ2v) is 3.18. The van der Waals surface area contributed by atoms with Crippen molar-refractivity contribution in [1.29, 1.82) is 0 Å². The van der Waals surface area contributed by atoms with E-state index in [0.717, 1.165) is 4.47 Å². The first-order valence-corrected chi connectivity index (χ1v) is 4.36. The summed E-state index contributed by atoms with van der Waals surface area (Å²) >= 11 is 3.24. The number of aromatic nitrogens is 2. The molecule has 1 aromatic rings. The molecule has 0 aliphatic carbocycles. The Bertz CT molecular complexity index is 296. The minimum atomic E-state index is -0.842. The normalized spacial score (nSPS) is 10.2. The number of carboxylic acids is 1. The highest BCUT2D eigenvalue weighted by Gasteiger charge is 2.10. The van der Waals surface area contributed by atoms with Gasteiger partial charge in [0, 0.05) is 6.54 Å². The van der Waals surface area contributed by atoms with Gasteiger partial charge in [0.05, 0.1) is 22.8 Å². The van der Waals surface area contributed by atoms with Crippen LogP contribution in [0, 0.1) is 0 Å². The van der Waals surface area contributed by atoms with Crippen molar-refractivity contribution in [3.8, 4) is 0 Å². The number of hydrogen-bond donors (Lipinski definition) is 1. The first kappa shape index (κ1) is 9.25. The molecule has 1 N–H and O–H groups in total. The van der Waals surface area contributed by atoms with Gasteiger partial charge in [0.15, 0.2) is 0 Å². The van der Waals surface area contributed by atoms with Gasteiger partial charge in [-0.2, -0.15) is 5.10 Å². The van der Waals surface area contributed by atoms with Gasteiger partial charge in [-0.3, -0.25) is 9.48 Å². The first-order chi connectivity index (χ1) is 5.65. The lowest BCUT2D eigenvalue weighted by Gasteiger charge is -2.01. The lowest BCUT2D eigenvalue weighted by molar-refractivity contribution is -0.136. The largest absolute Gasteiger partial charge is 0.481 e. The third kappa shape index (κ3) is 1.85. The maximum absolute atomic E-state index is 10.4. The van der Waals surface area contributed by atoms with Crippen LogP contribution < -0.4 is 0 Å². The van der Waals surface area contributed by atoms with Crippen LogP contribution in [-0.2, 0) is 17.8 Å². The molecule has 4 nitrogen and oxygen atoms in total. The molecule has 1 rings (SSSR count). The van der Waals surface area contributed by atoms with Crippen molar-refractivity contribution < 1.29 is 9.90 Å². The van der Waals surface area contributed by atoms with Crippen molar-refractivity contribution in [3.63, 3.8) is 0 Å². The van der Waals surface area contributed by atoms with Gasteiger partial charge in [-0.05, 0) is 22.9 Å². The number of carbonyl (C=O) groups is 1. The molecule has 1 aromatic heterocycles. The van der Waals surface area contributed by atoms with Crippen LogP contribution in [-0.4, -0.2) is 20.9 Å². The van der Waals surface area contributed by atoms with E-state index in [0.29, 0.717) is 12.2 Å². The number of rotatable bonds is 3. The van der Waals surface area contributed by atoms with E-state index in [1.807, 2.05) is 6.92 Å². The van der Waals surface area contributed by atoms with Crippen LogP contribution >= 0.6 is 15.9 Å². The number of carboxylic acid groups (broad SMARTS) is 1. The maximum Gasteiger partial charge on any atom is 0.309 e. The molecule has 0 aliphatic heterocycles. The molecule has 0 atom stereocenters. The van der Waals surface area contributed by atoms with Crippen molar-refractivity contribution >= 4 is 21.9 Å². The summed E-state index contributed by atoms with van der Waals surface area (Å²) in [6.07, 6.45) is 1.62. The highest BCUT2D eigenvalue weighted by atomic mass is 79.9. The van der Waals surface area contributed by atoms with Gasteiger partial charge in [0.1, 0.15) is 0 Å². The van der Waals surface area contributed by atoms with Crippen molar-refractivity contribution in [2.45, 2.75) is 19.9 Å². The second-order valence-electron chi connectivity index (χ2n) is 2.33. The SMILES string of the molecule is CCn1ncc(Br)c1CC(=O)O. The summed E-state index contributed by atoms with van der Waals surface area (Å²) < 4.78 is 2.42. The van der Waals surface area contributed by atoms with Gasteiger partial charge in [0.2, 0.25) is 0 Å². The summed E-state index contributed by atoms with van der Waals surface area (Å²) in [6.45, 7) is 2.61. The summed E-state index contributed by atoms with van der Waals surface area (Å²) in [7, 11) is 0. The van der Waals surface area contributed by atoms with E-state index in [1.165, 1.54) is 0 Å². The van der Waals surface area contributed by atoms with Crippen molar-refractivity contribution in [1.82, 2.24) is 9.78 Å². The van der Waals surface area contributed by atoms with Crippen LogP contribution in [0.1, 0.15) is 12.6 Å². The summed E-state index contributed by atoms with van der Waals surface area (Å²) in [5.41, 5.74) is 0.713. The monoisotopic (exact) mass is 232 g/mol. The van der Waals surface area contributed by atoms with Gasteiger partial charge in [0.25, 0.3) is 0 Å². The molecule has 0 aromatic carbocycles. The third-order valence-electron chi connectivity index (χ3n) is 1.52. The Morgan fingerprint density at radius 2 is 2.50 bits per heavy atom. The van der Waals surface area contributed by atoms with Gasteiger partial charge < -0.3 is 5.11 Å². The van der Waals surface area contributed by atoms with Gasteiger partial charge in [-0.25, -0.2) is 0 Å². The van der Waals surface area contributed by atoms with Crippen LogP contribution in [0.25, 0.3) is 0 Å². The van der Waals surface area contributed by atoms with E-state index in [1.54, 1.807) is 10.9 Å². The first-order valence-electron chi connectivity index (χ1n) is 3.57. The van der Waals surface area contributed by atoms with Crippen LogP contribution in [0.5, 0.6) is 0 Å². The molecule has 1 heterocycles. The molecular weight excluding hydrogens is 224 g/mol. The average molecular weight is 233 g/mol. The van der Waals surface area contributed by atoms with E-state index < -0.39 is 5.97 Å². The zero-order chi connectivity index (χ0) is 9.14. The van der Waals surface area contributed by atoms with Gasteiger partial charge >= 0.3 is 5.97 Å². The Morgan fingerprint density at radius 1 is 1.83 bits per heavy atom. The molecule has 0 bridgehead atoms. The maximum atomic E-state index is 10.4. The summed E-state index contributed by atoms with van der Waals surface area (Å²) in [5.74, 6) is -0.842. The van der Waals surface area contributed by atoms with Crippen molar-refractivity contribution in [3.05, 3.63) is 16.4 Å². The van der Waals surface area contributed by atoms with E-state index >= 15 is 0 Å². The minimum absolute atomic E-state index is 0.00836. The summed E-state index contributed by atoms with van der Waals surface area (Å²) in [5, 5.41) is 12.6. The molecule has 0 unspecified atom stereocenters. The molecule has 0 radical (unpaired) electrons. The summed E-state index contributed by atoms with van der Waals surface area (Å²) in [6, 6.07) is 0. The number of halogens is 1. The Kier molecular flexibility index (Phi) is 2.86. The fourth-order valence-electron chi connectivity index (χ4n) is 0.979. The molecule has 5 heteroatoms. The molecule has 0 spiro atoms. The van der Waals surface area contributed by atoms with Crippen LogP contribution in [0.3, 0.4) is 0 Å². The standard InChI is InChI=1S/C7H9BrN2O2/c1-2-10-6(3-7(11)12)5(8)4-9-10/h4H,2-3H2,1H3,(H,11,12). The zero-order valence-electron chi connectivity index (χ0n) is 6.62. The molecule has 0 amide bonds. The zero-order valence-corrected chi connectivity index (χ0v) is 8.21. The number of hydrogen-bond acceptors (Lipinski definition) is 2. The van der Waals surface area contributed by atoms with E-state index in [9.17, 15) is 4.79 Å². The third-order valence-corrected chi connectivity index (χ3v) is 2.18. The Labute approximate surface area is 78.3 Å². The molecular formula is C7H9BrN2O2. The quantitative estimate of drug-likeness (QED) is 0.855. The Hall–Kier alpha value is -0.840. The highest BCUT2D eigenvalue weighted by Crippen LogP contribution is 2.16. The molecule has 66 valence electrons. The summed E-state index contributed by atoms with van der Waals surface area (Å²) in [4.78, 5) is 10.4. The van der Waals surface area contributed by atoms with Crippen molar-refractivity contribution in [2.75, 3.05) is 0 Å². The minimum Gasteiger partial charge on any atom is -0.481 e. The van der Waals surface area contributed by atoms with E-state index in [2.05, 4.69) is 21.0 Å². The number of nitrogens with zero attached hydrogens (tertiary/aromatic N) is 2. The smallest absolute Gasteiger partial charge is 0.309 e. The van der Waals surface area contributed by atoms with Gasteiger partial charge in [-0.1, -0.05) is 0 Å². The molecule has 0 fully saturated rings. The lowest BCUT2D eigenvalue weighted by atomic mass is 10.3. The fraction of sp³-hybridized carbons (Fsp3) is 0.429. The molecule has 0 saturated heterocycles. The van der Waals surface area contributed by atoms with E-state index in [4.69, 9.17) is 5.11 Å². The predicted molar refractivity (Wildman–Crippen MR) is 46.9 cm³/mol. The second kappa shape index (κ2) is 3.71. The van der Waals surface area contributed by atoms with E-state index in [-0.39, 0.29) is 6.42 Å². The van der Waals surface area contributed by atoms with Crippen LogP contribution in [0.4, 0.5) is 0 Å². The topological polar surface area (TPSA) is 55.1 Å². The van der Waals surface area contributed by atoms with Crippen LogP contribution in [0.2, 0.25) is 0 Å². The molecule has 0 aliphatic rings. The lowest BCUT2D eigenvalue weighted by Crippen LogP contribution is -2.08. The fourth-order valence-corrected chi connectivity index (χ4v) is 1.42. The molecule has 12 heavy (non-hydrogen) atoms. The molecule has 0 saturated carbocycles. The van der Waals surface area contributed by atoms with Crippen LogP contribution in [0.15, 0.2) is 10.7 Å². The Balaban J connectivity index is 2.94. The number of aliphatic carboxylic acids is 1. The predicted octanol–water partition coefficient (Wildman–Crippen LogP) is 1.29. The Morgan fingerprint density at radius 3 is 3.00 bits per heavy atom. The highest BCUT2D eigenvalue weighted by molar-refractivity contribution is 9.10. The van der Waals surface area contributed by atoms with Crippen molar-refractivity contribution in [2.24, 2.45) is 0 Å². The number of aryl methyl sites for hydroxylation is 1. The van der Waals surface area contributed by atoms with Gasteiger partial charge in [-0.15, -0.1) is 0 Å². The average Bonchev–Trinajstić information content (AvgIpc) is 2.32.